The largest absolute Gasteiger partial charge is 0.351 e. The number of nitrogens with zero attached hydrogens (tertiary/aromatic N) is 2. The Kier molecular flexibility index (Phi) is 6.62. The Balaban J connectivity index is 1.46. The molecule has 1 unspecified atom stereocenters. The van der Waals surface area contributed by atoms with Crippen molar-refractivity contribution in [1.29, 1.82) is 0 Å². The summed E-state index contributed by atoms with van der Waals surface area (Å²) >= 11 is 0. The predicted molar refractivity (Wildman–Crippen MR) is 135 cm³/mol. The van der Waals surface area contributed by atoms with E-state index in [0.717, 1.165) is 43.4 Å². The molecule has 1 atom stereocenters. The number of aromatic nitrogens is 1. The molecule has 1 N–H and O–H groups in total. The van der Waals surface area contributed by atoms with Gasteiger partial charge in [-0.1, -0.05) is 61.2 Å². The molecule has 1 saturated carbocycles. The van der Waals surface area contributed by atoms with Crippen molar-refractivity contribution in [2.75, 3.05) is 6.54 Å². The standard InChI is InChI=1S/C29H37N3O2/c1-29(28(34)30-24-15-9-4-10-16-24)21-31-25(23-13-7-3-8-14-23)17-18-26(31)27(33)32(29)20-19-22-11-5-2-6-12-22/h3,7-8,11,13-14,17-18,24H,2,4-6,9-10,12,15-16,19-21H2,1H3,(H,30,34). The Bertz CT molecular complexity index is 1060. The molecule has 5 nitrogen and oxygen atoms in total. The molecule has 1 aromatic heterocycles. The van der Waals surface area contributed by atoms with Gasteiger partial charge in [0.15, 0.2) is 0 Å². The van der Waals surface area contributed by atoms with Crippen molar-refractivity contribution < 1.29 is 9.59 Å². The molecular formula is C29H37N3O2. The van der Waals surface area contributed by atoms with E-state index < -0.39 is 5.54 Å². The highest BCUT2D eigenvalue weighted by molar-refractivity contribution is 6.00. The van der Waals surface area contributed by atoms with Gasteiger partial charge in [-0.25, -0.2) is 0 Å². The van der Waals surface area contributed by atoms with Gasteiger partial charge in [-0.15, -0.1) is 0 Å². The molecule has 1 fully saturated rings. The second-order valence-corrected chi connectivity index (χ2v) is 10.5. The molecule has 0 bridgehead atoms. The Morgan fingerprint density at radius 3 is 2.50 bits per heavy atom. The molecule has 5 heteroatoms. The summed E-state index contributed by atoms with van der Waals surface area (Å²) < 4.78 is 2.06. The molecule has 2 aromatic rings. The number of amides is 2. The second-order valence-electron chi connectivity index (χ2n) is 10.5. The van der Waals surface area contributed by atoms with Crippen molar-refractivity contribution in [3.63, 3.8) is 0 Å². The Labute approximate surface area is 203 Å². The number of hydrogen-bond donors (Lipinski definition) is 1. The van der Waals surface area contributed by atoms with Crippen LogP contribution in [0.4, 0.5) is 0 Å². The van der Waals surface area contributed by atoms with Crippen LogP contribution in [0.1, 0.15) is 81.6 Å². The number of carbonyl (C=O) groups excluding carboxylic acids is 2. The first-order valence-electron chi connectivity index (χ1n) is 13.1. The summed E-state index contributed by atoms with van der Waals surface area (Å²) in [6.07, 6.45) is 13.6. The van der Waals surface area contributed by atoms with Gasteiger partial charge in [-0.3, -0.25) is 9.59 Å². The van der Waals surface area contributed by atoms with E-state index in [1.807, 2.05) is 42.2 Å². The van der Waals surface area contributed by atoms with Gasteiger partial charge in [0.05, 0.1) is 6.54 Å². The van der Waals surface area contributed by atoms with Gasteiger partial charge in [-0.2, -0.15) is 0 Å². The number of benzene rings is 1. The molecule has 5 rings (SSSR count). The molecule has 34 heavy (non-hydrogen) atoms. The molecule has 2 heterocycles. The molecule has 180 valence electrons. The molecule has 3 aliphatic rings. The highest BCUT2D eigenvalue weighted by Gasteiger charge is 2.48. The van der Waals surface area contributed by atoms with Gasteiger partial charge in [0.1, 0.15) is 11.2 Å². The fraction of sp³-hybridized carbons (Fsp3) is 0.517. The van der Waals surface area contributed by atoms with Crippen molar-refractivity contribution >= 4 is 11.8 Å². The van der Waals surface area contributed by atoms with E-state index in [1.54, 1.807) is 0 Å². The molecule has 0 saturated heterocycles. The summed E-state index contributed by atoms with van der Waals surface area (Å²) in [5.41, 5.74) is 3.26. The predicted octanol–water partition coefficient (Wildman–Crippen LogP) is 5.71. The highest BCUT2D eigenvalue weighted by atomic mass is 16.2. The Hall–Kier alpha value is -2.82. The lowest BCUT2D eigenvalue weighted by molar-refractivity contribution is -0.133. The van der Waals surface area contributed by atoms with Gasteiger partial charge in [0, 0.05) is 18.3 Å². The fourth-order valence-electron chi connectivity index (χ4n) is 5.96. The summed E-state index contributed by atoms with van der Waals surface area (Å²) in [5.74, 6) is -0.0464. The smallest absolute Gasteiger partial charge is 0.271 e. The van der Waals surface area contributed by atoms with Crippen LogP contribution in [0.15, 0.2) is 54.1 Å². The second kappa shape index (κ2) is 9.81. The lowest BCUT2D eigenvalue weighted by Gasteiger charge is -2.45. The topological polar surface area (TPSA) is 54.3 Å². The van der Waals surface area contributed by atoms with Crippen LogP contribution in [-0.2, 0) is 11.3 Å². The average molecular weight is 460 g/mol. The van der Waals surface area contributed by atoms with E-state index in [4.69, 9.17) is 0 Å². The number of carbonyl (C=O) groups is 2. The monoisotopic (exact) mass is 459 g/mol. The fourth-order valence-corrected chi connectivity index (χ4v) is 5.96. The first-order chi connectivity index (χ1) is 16.6. The van der Waals surface area contributed by atoms with Gasteiger partial charge >= 0.3 is 0 Å². The first-order valence-corrected chi connectivity index (χ1v) is 13.1. The van der Waals surface area contributed by atoms with Crippen LogP contribution in [0.2, 0.25) is 0 Å². The van der Waals surface area contributed by atoms with Crippen LogP contribution >= 0.6 is 0 Å². The van der Waals surface area contributed by atoms with E-state index in [2.05, 4.69) is 28.1 Å². The maximum absolute atomic E-state index is 13.9. The minimum atomic E-state index is -0.917. The van der Waals surface area contributed by atoms with Crippen LogP contribution in [-0.4, -0.2) is 39.4 Å². The van der Waals surface area contributed by atoms with E-state index in [9.17, 15) is 9.59 Å². The zero-order valence-electron chi connectivity index (χ0n) is 20.4. The third kappa shape index (κ3) is 4.45. The number of nitrogens with one attached hydrogen (secondary N) is 1. The molecule has 1 aliphatic heterocycles. The van der Waals surface area contributed by atoms with Crippen molar-refractivity contribution in [2.24, 2.45) is 0 Å². The molecule has 2 amide bonds. The normalized spacial score (nSPS) is 23.4. The number of allylic oxidation sites excluding steroid dienone is 1. The van der Waals surface area contributed by atoms with E-state index in [0.29, 0.717) is 18.8 Å². The summed E-state index contributed by atoms with van der Waals surface area (Å²) in [6, 6.07) is 14.3. The van der Waals surface area contributed by atoms with Gasteiger partial charge in [0.25, 0.3) is 5.91 Å². The Morgan fingerprint density at radius 2 is 1.76 bits per heavy atom. The average Bonchev–Trinajstić information content (AvgIpc) is 3.29. The SMILES string of the molecule is CC1(C(=O)NC2CCCCC2)Cn2c(ccc2-c2ccccc2)C(=O)N1CCC1=CCCCC1. The van der Waals surface area contributed by atoms with Crippen molar-refractivity contribution in [2.45, 2.75) is 89.3 Å². The molecule has 1 aromatic carbocycles. The van der Waals surface area contributed by atoms with Gasteiger partial charge in [0.2, 0.25) is 5.91 Å². The third-order valence-electron chi connectivity index (χ3n) is 8.05. The van der Waals surface area contributed by atoms with E-state index >= 15 is 0 Å². The lowest BCUT2D eigenvalue weighted by atomic mass is 9.90. The number of hydrogen-bond acceptors (Lipinski definition) is 2. The summed E-state index contributed by atoms with van der Waals surface area (Å²) in [6.45, 7) is 3.03. The molecule has 0 radical (unpaired) electrons. The molecule has 0 spiro atoms. The van der Waals surface area contributed by atoms with Crippen LogP contribution < -0.4 is 5.32 Å². The number of fused-ring (bicyclic) bond motifs is 1. The summed E-state index contributed by atoms with van der Waals surface area (Å²) in [5, 5.41) is 3.34. The maximum Gasteiger partial charge on any atom is 0.271 e. The third-order valence-corrected chi connectivity index (χ3v) is 8.05. The number of rotatable bonds is 6. The summed E-state index contributed by atoms with van der Waals surface area (Å²) in [4.78, 5) is 29.6. The Morgan fingerprint density at radius 1 is 1.00 bits per heavy atom. The van der Waals surface area contributed by atoms with E-state index in [1.165, 1.54) is 37.7 Å². The van der Waals surface area contributed by atoms with Crippen LogP contribution in [0.25, 0.3) is 11.3 Å². The van der Waals surface area contributed by atoms with Crippen molar-refractivity contribution in [3.05, 3.63) is 59.8 Å². The van der Waals surface area contributed by atoms with Crippen molar-refractivity contribution in [3.8, 4) is 11.3 Å². The molecule has 2 aliphatic carbocycles. The van der Waals surface area contributed by atoms with Gasteiger partial charge in [-0.05, 0) is 69.6 Å². The lowest BCUT2D eigenvalue weighted by Crippen LogP contribution is -2.65. The van der Waals surface area contributed by atoms with E-state index in [-0.39, 0.29) is 17.9 Å². The van der Waals surface area contributed by atoms with Crippen LogP contribution in [0, 0.1) is 0 Å². The minimum Gasteiger partial charge on any atom is -0.351 e. The van der Waals surface area contributed by atoms with Crippen LogP contribution in [0.3, 0.4) is 0 Å². The van der Waals surface area contributed by atoms with Crippen LogP contribution in [0.5, 0.6) is 0 Å². The zero-order chi connectivity index (χ0) is 23.5. The molecular weight excluding hydrogens is 422 g/mol. The zero-order valence-corrected chi connectivity index (χ0v) is 20.4. The summed E-state index contributed by atoms with van der Waals surface area (Å²) in [7, 11) is 0. The minimum absolute atomic E-state index is 0.0104. The first kappa shape index (κ1) is 22.9. The highest BCUT2D eigenvalue weighted by Crippen LogP contribution is 2.34. The quantitative estimate of drug-likeness (QED) is 0.563. The van der Waals surface area contributed by atoms with Gasteiger partial charge < -0.3 is 14.8 Å². The maximum atomic E-state index is 13.9. The van der Waals surface area contributed by atoms with Crippen molar-refractivity contribution in [1.82, 2.24) is 14.8 Å².